The van der Waals surface area contributed by atoms with Crippen LogP contribution >= 0.6 is 11.6 Å². The molecule has 0 aromatic heterocycles. The van der Waals surface area contributed by atoms with Crippen LogP contribution in [0.15, 0.2) is 24.3 Å². The fourth-order valence-corrected chi connectivity index (χ4v) is 1.06. The number of benzene rings is 1. The molecule has 1 aromatic rings. The standard InChI is InChI=1S/C9H13ClN2/c10-9-3-1-8(2-4-9)7-12-6-5-11/h1-4,12H,5-7,11H2. The average Bonchev–Trinajstić information content (AvgIpc) is 2.09. The predicted octanol–water partition coefficient (Wildman–Crippen LogP) is 1.39. The van der Waals surface area contributed by atoms with E-state index in [0.29, 0.717) is 6.54 Å². The van der Waals surface area contributed by atoms with Crippen LogP contribution in [0.3, 0.4) is 0 Å². The molecule has 66 valence electrons. The Balaban J connectivity index is 2.37. The highest BCUT2D eigenvalue weighted by Gasteiger charge is 1.91. The Hall–Kier alpha value is -0.570. The van der Waals surface area contributed by atoms with Crippen molar-refractivity contribution in [2.24, 2.45) is 5.73 Å². The molecule has 3 heteroatoms. The first kappa shape index (κ1) is 9.52. The van der Waals surface area contributed by atoms with Crippen molar-refractivity contribution in [3.63, 3.8) is 0 Å². The monoisotopic (exact) mass is 184 g/mol. The van der Waals surface area contributed by atoms with Gasteiger partial charge in [-0.05, 0) is 17.7 Å². The summed E-state index contributed by atoms with van der Waals surface area (Å²) in [5, 5.41) is 3.98. The first-order valence-electron chi connectivity index (χ1n) is 3.98. The lowest BCUT2D eigenvalue weighted by Gasteiger charge is -2.02. The van der Waals surface area contributed by atoms with E-state index in [4.69, 9.17) is 17.3 Å². The number of rotatable bonds is 4. The molecule has 0 unspecified atom stereocenters. The van der Waals surface area contributed by atoms with E-state index in [-0.39, 0.29) is 0 Å². The Kier molecular flexibility index (Phi) is 4.08. The normalized spacial score (nSPS) is 10.2. The first-order valence-corrected chi connectivity index (χ1v) is 4.36. The summed E-state index contributed by atoms with van der Waals surface area (Å²) in [5.74, 6) is 0. The molecule has 0 aliphatic carbocycles. The average molecular weight is 185 g/mol. The molecule has 0 aliphatic heterocycles. The number of nitrogens with one attached hydrogen (secondary N) is 1. The molecule has 0 bridgehead atoms. The van der Waals surface area contributed by atoms with Crippen molar-refractivity contribution in [3.05, 3.63) is 34.9 Å². The van der Waals surface area contributed by atoms with E-state index in [2.05, 4.69) is 5.32 Å². The minimum absolute atomic E-state index is 0.674. The highest BCUT2D eigenvalue weighted by molar-refractivity contribution is 6.30. The second kappa shape index (κ2) is 5.14. The van der Waals surface area contributed by atoms with Crippen molar-refractivity contribution in [3.8, 4) is 0 Å². The summed E-state index contributed by atoms with van der Waals surface area (Å²) in [7, 11) is 0. The smallest absolute Gasteiger partial charge is 0.0406 e. The van der Waals surface area contributed by atoms with Crippen molar-refractivity contribution in [1.29, 1.82) is 0 Å². The van der Waals surface area contributed by atoms with E-state index in [9.17, 15) is 0 Å². The van der Waals surface area contributed by atoms with Gasteiger partial charge in [-0.25, -0.2) is 0 Å². The van der Waals surface area contributed by atoms with Gasteiger partial charge >= 0.3 is 0 Å². The summed E-state index contributed by atoms with van der Waals surface area (Å²) in [6.45, 7) is 2.38. The third-order valence-electron chi connectivity index (χ3n) is 1.56. The third-order valence-corrected chi connectivity index (χ3v) is 1.82. The van der Waals surface area contributed by atoms with Crippen LogP contribution in [0.5, 0.6) is 0 Å². The molecule has 0 aliphatic rings. The molecule has 0 saturated carbocycles. The Morgan fingerprint density at radius 1 is 1.25 bits per heavy atom. The van der Waals surface area contributed by atoms with Crippen LogP contribution in [0.25, 0.3) is 0 Å². The second-order valence-corrected chi connectivity index (χ2v) is 3.03. The van der Waals surface area contributed by atoms with Gasteiger partial charge in [0.15, 0.2) is 0 Å². The lowest BCUT2D eigenvalue weighted by Crippen LogP contribution is -2.21. The van der Waals surface area contributed by atoms with Gasteiger partial charge in [0, 0.05) is 24.7 Å². The highest BCUT2D eigenvalue weighted by atomic mass is 35.5. The molecule has 0 radical (unpaired) electrons. The van der Waals surface area contributed by atoms with Crippen LogP contribution in [0.4, 0.5) is 0 Å². The zero-order chi connectivity index (χ0) is 8.81. The lowest BCUT2D eigenvalue weighted by molar-refractivity contribution is 0.695. The molecule has 0 heterocycles. The van der Waals surface area contributed by atoms with Gasteiger partial charge in [-0.15, -0.1) is 0 Å². The topological polar surface area (TPSA) is 38.0 Å². The van der Waals surface area contributed by atoms with Gasteiger partial charge in [0.25, 0.3) is 0 Å². The molecule has 0 amide bonds. The first-order chi connectivity index (χ1) is 5.83. The minimum Gasteiger partial charge on any atom is -0.329 e. The SMILES string of the molecule is NCCNCc1ccc(Cl)cc1. The molecule has 0 saturated heterocycles. The molecule has 3 N–H and O–H groups in total. The van der Waals surface area contributed by atoms with E-state index in [1.54, 1.807) is 0 Å². The van der Waals surface area contributed by atoms with Crippen LogP contribution < -0.4 is 11.1 Å². The van der Waals surface area contributed by atoms with Crippen LogP contribution in [0.2, 0.25) is 5.02 Å². The summed E-state index contributed by atoms with van der Waals surface area (Å²) >= 11 is 5.73. The number of hydrogen-bond donors (Lipinski definition) is 2. The van der Waals surface area contributed by atoms with Crippen molar-refractivity contribution in [2.45, 2.75) is 6.54 Å². The number of halogens is 1. The molecule has 0 spiro atoms. The summed E-state index contributed by atoms with van der Waals surface area (Å²) in [5.41, 5.74) is 6.56. The lowest BCUT2D eigenvalue weighted by atomic mass is 10.2. The van der Waals surface area contributed by atoms with E-state index >= 15 is 0 Å². The summed E-state index contributed by atoms with van der Waals surface area (Å²) in [6, 6.07) is 7.79. The van der Waals surface area contributed by atoms with Crippen molar-refractivity contribution >= 4 is 11.6 Å². The Morgan fingerprint density at radius 2 is 1.92 bits per heavy atom. The summed E-state index contributed by atoms with van der Waals surface area (Å²) in [6.07, 6.45) is 0. The van der Waals surface area contributed by atoms with E-state index in [1.807, 2.05) is 24.3 Å². The highest BCUT2D eigenvalue weighted by Crippen LogP contribution is 2.08. The van der Waals surface area contributed by atoms with Crippen molar-refractivity contribution in [2.75, 3.05) is 13.1 Å². The molecule has 0 fully saturated rings. The summed E-state index contributed by atoms with van der Waals surface area (Å²) < 4.78 is 0. The minimum atomic E-state index is 0.674. The maximum Gasteiger partial charge on any atom is 0.0406 e. The summed E-state index contributed by atoms with van der Waals surface area (Å²) in [4.78, 5) is 0. The largest absolute Gasteiger partial charge is 0.329 e. The van der Waals surface area contributed by atoms with Gasteiger partial charge in [0.05, 0.1) is 0 Å². The molecular formula is C9H13ClN2. The van der Waals surface area contributed by atoms with Crippen LogP contribution in [0, 0.1) is 0 Å². The Bertz CT molecular complexity index is 220. The molecule has 12 heavy (non-hydrogen) atoms. The van der Waals surface area contributed by atoms with Gasteiger partial charge in [-0.2, -0.15) is 0 Å². The van der Waals surface area contributed by atoms with E-state index in [0.717, 1.165) is 18.1 Å². The Labute approximate surface area is 77.7 Å². The molecule has 0 atom stereocenters. The predicted molar refractivity (Wildman–Crippen MR) is 52.2 cm³/mol. The van der Waals surface area contributed by atoms with Crippen molar-refractivity contribution in [1.82, 2.24) is 5.32 Å². The van der Waals surface area contributed by atoms with Gasteiger partial charge in [0.2, 0.25) is 0 Å². The zero-order valence-corrected chi connectivity index (χ0v) is 7.64. The van der Waals surface area contributed by atoms with E-state index in [1.165, 1.54) is 5.56 Å². The molecule has 2 nitrogen and oxygen atoms in total. The number of hydrogen-bond acceptors (Lipinski definition) is 2. The third kappa shape index (κ3) is 3.22. The van der Waals surface area contributed by atoms with Gasteiger partial charge in [-0.1, -0.05) is 23.7 Å². The maximum absolute atomic E-state index is 5.73. The van der Waals surface area contributed by atoms with Crippen LogP contribution in [-0.2, 0) is 6.54 Å². The van der Waals surface area contributed by atoms with Crippen LogP contribution in [0.1, 0.15) is 5.56 Å². The van der Waals surface area contributed by atoms with Crippen LogP contribution in [-0.4, -0.2) is 13.1 Å². The quantitative estimate of drug-likeness (QED) is 0.695. The van der Waals surface area contributed by atoms with Crippen molar-refractivity contribution < 1.29 is 0 Å². The maximum atomic E-state index is 5.73. The number of nitrogens with two attached hydrogens (primary N) is 1. The second-order valence-electron chi connectivity index (χ2n) is 2.59. The molecular weight excluding hydrogens is 172 g/mol. The Morgan fingerprint density at radius 3 is 2.50 bits per heavy atom. The fraction of sp³-hybridized carbons (Fsp3) is 0.333. The zero-order valence-electron chi connectivity index (χ0n) is 6.89. The molecule has 1 rings (SSSR count). The van der Waals surface area contributed by atoms with Gasteiger partial charge in [0.1, 0.15) is 0 Å². The van der Waals surface area contributed by atoms with Gasteiger partial charge < -0.3 is 11.1 Å². The van der Waals surface area contributed by atoms with E-state index < -0.39 is 0 Å². The van der Waals surface area contributed by atoms with Gasteiger partial charge in [-0.3, -0.25) is 0 Å². The molecule has 1 aromatic carbocycles. The fourth-order valence-electron chi connectivity index (χ4n) is 0.937.